The number of hydrogen-bond donors (Lipinski definition) is 1. The largest absolute Gasteiger partial charge is 0.330 e. The molecular formula is C13H29N. The van der Waals surface area contributed by atoms with Gasteiger partial charge in [-0.3, -0.25) is 0 Å². The summed E-state index contributed by atoms with van der Waals surface area (Å²) in [5.41, 5.74) is 6.05. The molecule has 1 heteroatoms. The fourth-order valence-corrected chi connectivity index (χ4v) is 1.66. The van der Waals surface area contributed by atoms with Crippen LogP contribution in [0, 0.1) is 5.41 Å². The Balaban J connectivity index is 3.13. The maximum Gasteiger partial charge on any atom is -0.00258 e. The molecule has 0 saturated heterocycles. The molecule has 0 bridgehead atoms. The molecule has 0 aromatic rings. The van der Waals surface area contributed by atoms with Crippen LogP contribution in [0.4, 0.5) is 0 Å². The summed E-state index contributed by atoms with van der Waals surface area (Å²) < 4.78 is 0. The summed E-state index contributed by atoms with van der Waals surface area (Å²) >= 11 is 0. The molecule has 0 aliphatic carbocycles. The minimum absolute atomic E-state index is 0.365. The van der Waals surface area contributed by atoms with Crippen LogP contribution < -0.4 is 5.73 Å². The lowest BCUT2D eigenvalue weighted by molar-refractivity contribution is 0.330. The summed E-state index contributed by atoms with van der Waals surface area (Å²) in [7, 11) is 0. The van der Waals surface area contributed by atoms with Gasteiger partial charge >= 0.3 is 0 Å². The Bertz CT molecular complexity index is 118. The second kappa shape index (κ2) is 8.28. The van der Waals surface area contributed by atoms with Gasteiger partial charge in [0.1, 0.15) is 0 Å². The zero-order valence-electron chi connectivity index (χ0n) is 10.4. The van der Waals surface area contributed by atoms with Gasteiger partial charge in [-0.1, -0.05) is 65.7 Å². The van der Waals surface area contributed by atoms with Crippen molar-refractivity contribution >= 4 is 0 Å². The van der Waals surface area contributed by atoms with Crippen LogP contribution in [-0.2, 0) is 0 Å². The second-order valence-corrected chi connectivity index (χ2v) is 5.24. The third-order valence-corrected chi connectivity index (χ3v) is 3.01. The molecule has 0 aliphatic heterocycles. The number of nitrogens with two attached hydrogens (primary N) is 1. The average molecular weight is 199 g/mol. The maximum atomic E-state index is 5.69. The first-order chi connectivity index (χ1) is 6.62. The Labute approximate surface area is 90.5 Å². The van der Waals surface area contributed by atoms with Gasteiger partial charge in [0.2, 0.25) is 0 Å². The van der Waals surface area contributed by atoms with E-state index in [2.05, 4.69) is 20.8 Å². The van der Waals surface area contributed by atoms with Crippen molar-refractivity contribution < 1.29 is 0 Å². The second-order valence-electron chi connectivity index (χ2n) is 5.24. The van der Waals surface area contributed by atoms with E-state index in [4.69, 9.17) is 5.73 Å². The molecule has 0 atom stereocenters. The smallest absolute Gasteiger partial charge is 0.00258 e. The molecule has 1 nitrogen and oxygen atoms in total. The van der Waals surface area contributed by atoms with E-state index < -0.39 is 0 Å². The zero-order chi connectivity index (χ0) is 10.9. The lowest BCUT2D eigenvalue weighted by atomic mass is 9.87. The van der Waals surface area contributed by atoms with Crippen LogP contribution in [0.1, 0.15) is 72.1 Å². The molecular weight excluding hydrogens is 170 g/mol. The third-order valence-electron chi connectivity index (χ3n) is 3.01. The number of unbranched alkanes of at least 4 members (excludes halogenated alkanes) is 6. The molecule has 0 spiro atoms. The van der Waals surface area contributed by atoms with Gasteiger partial charge in [0.05, 0.1) is 0 Å². The van der Waals surface area contributed by atoms with Crippen LogP contribution in [0.15, 0.2) is 0 Å². The molecule has 0 heterocycles. The van der Waals surface area contributed by atoms with Crippen molar-refractivity contribution in [2.24, 2.45) is 11.1 Å². The quantitative estimate of drug-likeness (QED) is 0.556. The monoisotopic (exact) mass is 199 g/mol. The molecule has 2 N–H and O–H groups in total. The molecule has 86 valence electrons. The molecule has 14 heavy (non-hydrogen) atoms. The van der Waals surface area contributed by atoms with Gasteiger partial charge in [-0.25, -0.2) is 0 Å². The Hall–Kier alpha value is -0.0400. The minimum Gasteiger partial charge on any atom is -0.330 e. The fourth-order valence-electron chi connectivity index (χ4n) is 1.66. The topological polar surface area (TPSA) is 26.0 Å². The summed E-state index contributed by atoms with van der Waals surface area (Å²) in [6.45, 7) is 7.63. The standard InChI is InChI=1S/C13H29N/c1-4-5-6-7-8-9-10-11-13(2,3)12-14/h4-12,14H2,1-3H3. The van der Waals surface area contributed by atoms with Crippen LogP contribution >= 0.6 is 0 Å². The predicted molar refractivity (Wildman–Crippen MR) is 65.4 cm³/mol. The van der Waals surface area contributed by atoms with Crippen molar-refractivity contribution in [3.8, 4) is 0 Å². The summed E-state index contributed by atoms with van der Waals surface area (Å²) in [4.78, 5) is 0. The van der Waals surface area contributed by atoms with Crippen LogP contribution in [0.3, 0.4) is 0 Å². The zero-order valence-corrected chi connectivity index (χ0v) is 10.4. The van der Waals surface area contributed by atoms with Crippen LogP contribution in [0.25, 0.3) is 0 Å². The Kier molecular flexibility index (Phi) is 8.26. The van der Waals surface area contributed by atoms with Gasteiger partial charge in [0.25, 0.3) is 0 Å². The highest BCUT2D eigenvalue weighted by atomic mass is 14.6. The van der Waals surface area contributed by atoms with Gasteiger partial charge < -0.3 is 5.73 Å². The van der Waals surface area contributed by atoms with Crippen LogP contribution in [0.2, 0.25) is 0 Å². The Morgan fingerprint density at radius 3 is 1.86 bits per heavy atom. The van der Waals surface area contributed by atoms with Crippen molar-refractivity contribution in [2.75, 3.05) is 6.54 Å². The molecule has 0 unspecified atom stereocenters. The predicted octanol–water partition coefficient (Wildman–Crippen LogP) is 4.11. The first-order valence-corrected chi connectivity index (χ1v) is 6.32. The number of hydrogen-bond acceptors (Lipinski definition) is 1. The molecule has 0 aliphatic rings. The van der Waals surface area contributed by atoms with Gasteiger partial charge in [0, 0.05) is 0 Å². The summed E-state index contributed by atoms with van der Waals surface area (Å²) in [5.74, 6) is 0. The van der Waals surface area contributed by atoms with Crippen molar-refractivity contribution in [3.05, 3.63) is 0 Å². The lowest BCUT2D eigenvalue weighted by Crippen LogP contribution is -2.23. The van der Waals surface area contributed by atoms with E-state index in [1.54, 1.807) is 0 Å². The Morgan fingerprint density at radius 2 is 1.36 bits per heavy atom. The average Bonchev–Trinajstić information content (AvgIpc) is 2.16. The molecule has 0 aromatic heterocycles. The highest BCUT2D eigenvalue weighted by Gasteiger charge is 2.13. The first-order valence-electron chi connectivity index (χ1n) is 6.32. The number of rotatable bonds is 9. The van der Waals surface area contributed by atoms with Crippen molar-refractivity contribution in [2.45, 2.75) is 72.1 Å². The van der Waals surface area contributed by atoms with Gasteiger partial charge in [-0.05, 0) is 18.4 Å². The SMILES string of the molecule is CCCCCCCCCC(C)(C)CN. The molecule has 0 aromatic carbocycles. The van der Waals surface area contributed by atoms with E-state index >= 15 is 0 Å². The Morgan fingerprint density at radius 1 is 0.857 bits per heavy atom. The molecule has 0 rings (SSSR count). The lowest BCUT2D eigenvalue weighted by Gasteiger charge is -2.21. The summed E-state index contributed by atoms with van der Waals surface area (Å²) in [6, 6.07) is 0. The first kappa shape index (κ1) is 14.0. The van der Waals surface area contributed by atoms with Crippen molar-refractivity contribution in [3.63, 3.8) is 0 Å². The van der Waals surface area contributed by atoms with Crippen molar-refractivity contribution in [1.29, 1.82) is 0 Å². The fraction of sp³-hybridized carbons (Fsp3) is 1.00. The van der Waals surface area contributed by atoms with Crippen LogP contribution in [-0.4, -0.2) is 6.54 Å². The van der Waals surface area contributed by atoms with E-state index in [9.17, 15) is 0 Å². The van der Waals surface area contributed by atoms with Gasteiger partial charge in [-0.2, -0.15) is 0 Å². The summed E-state index contributed by atoms with van der Waals surface area (Å²) in [6.07, 6.45) is 11.1. The molecule has 0 fully saturated rings. The highest BCUT2D eigenvalue weighted by Crippen LogP contribution is 2.22. The van der Waals surface area contributed by atoms with E-state index in [-0.39, 0.29) is 0 Å². The van der Waals surface area contributed by atoms with E-state index in [1.165, 1.54) is 51.4 Å². The highest BCUT2D eigenvalue weighted by molar-refractivity contribution is 4.68. The molecule has 0 radical (unpaired) electrons. The normalized spacial score (nSPS) is 12.0. The van der Waals surface area contributed by atoms with Gasteiger partial charge in [-0.15, -0.1) is 0 Å². The minimum atomic E-state index is 0.365. The third kappa shape index (κ3) is 8.55. The molecule has 0 amide bonds. The van der Waals surface area contributed by atoms with Gasteiger partial charge in [0.15, 0.2) is 0 Å². The van der Waals surface area contributed by atoms with Crippen molar-refractivity contribution in [1.82, 2.24) is 0 Å². The van der Waals surface area contributed by atoms with E-state index in [1.807, 2.05) is 0 Å². The van der Waals surface area contributed by atoms with E-state index in [0.29, 0.717) is 5.41 Å². The summed E-state index contributed by atoms with van der Waals surface area (Å²) in [5, 5.41) is 0. The van der Waals surface area contributed by atoms with Crippen LogP contribution in [0.5, 0.6) is 0 Å². The maximum absolute atomic E-state index is 5.69. The van der Waals surface area contributed by atoms with E-state index in [0.717, 1.165) is 6.54 Å². The molecule has 0 saturated carbocycles.